The molecule has 2 aliphatic rings. The fraction of sp³-hybridized carbons (Fsp3) is 0.333. The smallest absolute Gasteiger partial charge is 0.411 e. The molecule has 1 unspecified atom stereocenters. The lowest BCUT2D eigenvalue weighted by atomic mass is 9.75. The summed E-state index contributed by atoms with van der Waals surface area (Å²) in [5.41, 5.74) is 2.00. The first-order chi connectivity index (χ1) is 16.4. The standard InChI is InChI=1S/C30H31O3P/c1-19(2)23-15-12-20(3)18-27(23)33-34(31)28-17-14-22-9-5-7-11-25(22)30(28)29-24-10-6-4-8-21(24)13-16-26(29)32-34/h4-11,13-14,16-17,19-20,23,27H,12,15,18H2,1-3H3/t20-,23+,27-,34?/m0/s1. The molecule has 1 aliphatic carbocycles. The Balaban J connectivity index is 1.57. The first-order valence-corrected chi connectivity index (χ1v) is 14.0. The highest BCUT2D eigenvalue weighted by Crippen LogP contribution is 2.60. The summed E-state index contributed by atoms with van der Waals surface area (Å²) >= 11 is 0. The van der Waals surface area contributed by atoms with E-state index in [1.54, 1.807) is 0 Å². The summed E-state index contributed by atoms with van der Waals surface area (Å²) in [6.07, 6.45) is 3.15. The molecule has 3 nitrogen and oxygen atoms in total. The maximum Gasteiger partial charge on any atom is 0.411 e. The first-order valence-electron chi connectivity index (χ1n) is 12.5. The number of hydrogen-bond donors (Lipinski definition) is 0. The minimum Gasteiger partial charge on any atom is -0.420 e. The SMILES string of the molecule is CC(C)[C@H]1CC[C@H](C)C[C@@H]1OP1(=O)Oc2ccc3ccccc3c2-c2c1ccc1ccccc21. The molecule has 0 spiro atoms. The zero-order chi connectivity index (χ0) is 23.4. The van der Waals surface area contributed by atoms with Crippen LogP contribution in [-0.2, 0) is 9.09 Å². The Labute approximate surface area is 201 Å². The molecule has 1 fully saturated rings. The van der Waals surface area contributed by atoms with Crippen molar-refractivity contribution in [2.24, 2.45) is 17.8 Å². The third kappa shape index (κ3) is 3.49. The second-order valence-corrected chi connectivity index (χ2v) is 12.3. The van der Waals surface area contributed by atoms with E-state index in [-0.39, 0.29) is 6.10 Å². The fourth-order valence-electron chi connectivity index (χ4n) is 6.01. The molecule has 0 bridgehead atoms. The molecule has 174 valence electrons. The van der Waals surface area contributed by atoms with Gasteiger partial charge in [-0.1, -0.05) is 87.9 Å². The van der Waals surface area contributed by atoms with Gasteiger partial charge in [-0.3, -0.25) is 4.52 Å². The van der Waals surface area contributed by atoms with Crippen molar-refractivity contribution in [1.29, 1.82) is 0 Å². The van der Waals surface area contributed by atoms with E-state index in [4.69, 9.17) is 9.05 Å². The quantitative estimate of drug-likeness (QED) is 0.282. The summed E-state index contributed by atoms with van der Waals surface area (Å²) in [7, 11) is -3.59. The topological polar surface area (TPSA) is 35.5 Å². The summed E-state index contributed by atoms with van der Waals surface area (Å²) < 4.78 is 27.7. The van der Waals surface area contributed by atoms with E-state index in [1.165, 1.54) is 6.42 Å². The van der Waals surface area contributed by atoms with Crippen LogP contribution >= 0.6 is 7.60 Å². The van der Waals surface area contributed by atoms with Crippen molar-refractivity contribution < 1.29 is 13.6 Å². The van der Waals surface area contributed by atoms with Gasteiger partial charge in [-0.15, -0.1) is 0 Å². The molecule has 0 aromatic heterocycles. The Morgan fingerprint density at radius 2 is 1.50 bits per heavy atom. The van der Waals surface area contributed by atoms with Gasteiger partial charge in [0, 0.05) is 11.1 Å². The molecule has 1 saturated carbocycles. The van der Waals surface area contributed by atoms with E-state index in [0.717, 1.165) is 45.5 Å². The highest BCUT2D eigenvalue weighted by Gasteiger charge is 2.44. The monoisotopic (exact) mass is 470 g/mol. The zero-order valence-corrected chi connectivity index (χ0v) is 20.9. The first kappa shape index (κ1) is 21.9. The molecule has 6 rings (SSSR count). The Morgan fingerprint density at radius 3 is 2.21 bits per heavy atom. The average molecular weight is 471 g/mol. The van der Waals surface area contributed by atoms with Gasteiger partial charge in [-0.05, 0) is 64.3 Å². The van der Waals surface area contributed by atoms with E-state index in [9.17, 15) is 4.57 Å². The van der Waals surface area contributed by atoms with Gasteiger partial charge >= 0.3 is 7.60 Å². The van der Waals surface area contributed by atoms with E-state index in [0.29, 0.717) is 28.8 Å². The van der Waals surface area contributed by atoms with E-state index >= 15 is 0 Å². The van der Waals surface area contributed by atoms with E-state index in [1.807, 2.05) is 42.5 Å². The minimum atomic E-state index is -3.59. The Hall–Kier alpha value is -2.61. The van der Waals surface area contributed by atoms with Crippen LogP contribution in [0.5, 0.6) is 5.75 Å². The zero-order valence-electron chi connectivity index (χ0n) is 20.0. The van der Waals surface area contributed by atoms with Crippen LogP contribution < -0.4 is 9.83 Å². The fourth-order valence-corrected chi connectivity index (χ4v) is 8.04. The number of hydrogen-bond acceptors (Lipinski definition) is 3. The van der Waals surface area contributed by atoms with Crippen LogP contribution in [0.2, 0.25) is 0 Å². The Bertz CT molecular complexity index is 1440. The van der Waals surface area contributed by atoms with Crippen LogP contribution in [0.3, 0.4) is 0 Å². The van der Waals surface area contributed by atoms with Gasteiger partial charge in [0.05, 0.1) is 11.4 Å². The van der Waals surface area contributed by atoms with Crippen molar-refractivity contribution in [3.8, 4) is 16.9 Å². The highest BCUT2D eigenvalue weighted by molar-refractivity contribution is 7.63. The second-order valence-electron chi connectivity index (χ2n) is 10.4. The number of fused-ring (bicyclic) bond motifs is 7. The highest BCUT2D eigenvalue weighted by atomic mass is 31.2. The molecule has 1 heterocycles. The van der Waals surface area contributed by atoms with Crippen molar-refractivity contribution in [1.82, 2.24) is 0 Å². The normalized spacial score (nSPS) is 26.3. The summed E-state index contributed by atoms with van der Waals surface area (Å²) in [5, 5.41) is 5.15. The molecule has 4 aromatic rings. The van der Waals surface area contributed by atoms with Crippen LogP contribution in [-0.4, -0.2) is 6.10 Å². The van der Waals surface area contributed by atoms with Crippen molar-refractivity contribution in [3.05, 3.63) is 72.8 Å². The molecule has 4 heteroatoms. The average Bonchev–Trinajstić information content (AvgIpc) is 2.83. The Kier molecular flexibility index (Phi) is 5.32. The van der Waals surface area contributed by atoms with Gasteiger partial charge in [0.15, 0.2) is 0 Å². The van der Waals surface area contributed by atoms with Crippen LogP contribution in [0, 0.1) is 17.8 Å². The lowest BCUT2D eigenvalue weighted by Crippen LogP contribution is -2.35. The van der Waals surface area contributed by atoms with E-state index in [2.05, 4.69) is 51.1 Å². The molecule has 4 aromatic carbocycles. The van der Waals surface area contributed by atoms with Gasteiger partial charge in [0.1, 0.15) is 5.75 Å². The van der Waals surface area contributed by atoms with Gasteiger partial charge in [-0.2, -0.15) is 0 Å². The lowest BCUT2D eigenvalue weighted by Gasteiger charge is -2.39. The van der Waals surface area contributed by atoms with Crippen molar-refractivity contribution >= 4 is 34.4 Å². The molecule has 0 N–H and O–H groups in total. The molecular formula is C30H31O3P. The molecular weight excluding hydrogens is 439 g/mol. The summed E-state index contributed by atoms with van der Waals surface area (Å²) in [5.74, 6) is 2.06. The van der Waals surface area contributed by atoms with Crippen LogP contribution in [0.4, 0.5) is 0 Å². The van der Waals surface area contributed by atoms with Gasteiger partial charge in [0.25, 0.3) is 0 Å². The largest absolute Gasteiger partial charge is 0.420 e. The second kappa shape index (κ2) is 8.26. The van der Waals surface area contributed by atoms with Gasteiger partial charge < -0.3 is 4.52 Å². The van der Waals surface area contributed by atoms with Gasteiger partial charge in [-0.25, -0.2) is 4.57 Å². The maximum absolute atomic E-state index is 14.7. The van der Waals surface area contributed by atoms with E-state index < -0.39 is 7.60 Å². The lowest BCUT2D eigenvalue weighted by molar-refractivity contribution is 0.0413. The minimum absolute atomic E-state index is 0.0732. The van der Waals surface area contributed by atoms with Crippen molar-refractivity contribution in [2.75, 3.05) is 0 Å². The molecule has 1 aliphatic heterocycles. The predicted octanol–water partition coefficient (Wildman–Crippen LogP) is 8.35. The van der Waals surface area contributed by atoms with Crippen LogP contribution in [0.1, 0.15) is 40.0 Å². The number of benzene rings is 4. The summed E-state index contributed by atoms with van der Waals surface area (Å²) in [6.45, 7) is 6.77. The van der Waals surface area contributed by atoms with Gasteiger partial charge in [0.2, 0.25) is 0 Å². The summed E-state index contributed by atoms with van der Waals surface area (Å²) in [4.78, 5) is 0. The third-order valence-corrected chi connectivity index (χ3v) is 9.75. The third-order valence-electron chi connectivity index (χ3n) is 7.80. The number of rotatable bonds is 3. The summed E-state index contributed by atoms with van der Waals surface area (Å²) in [6, 6.07) is 24.7. The van der Waals surface area contributed by atoms with Crippen LogP contribution in [0.15, 0.2) is 72.8 Å². The maximum atomic E-state index is 14.7. The Morgan fingerprint density at radius 1 is 0.853 bits per heavy atom. The molecule has 4 atom stereocenters. The molecule has 0 saturated heterocycles. The predicted molar refractivity (Wildman–Crippen MR) is 141 cm³/mol. The van der Waals surface area contributed by atoms with Crippen LogP contribution in [0.25, 0.3) is 32.7 Å². The molecule has 34 heavy (non-hydrogen) atoms. The van der Waals surface area contributed by atoms with Crippen molar-refractivity contribution in [2.45, 2.75) is 46.1 Å². The molecule has 0 radical (unpaired) electrons. The molecule has 0 amide bonds. The van der Waals surface area contributed by atoms with Crippen molar-refractivity contribution in [3.63, 3.8) is 0 Å².